The lowest BCUT2D eigenvalue weighted by Gasteiger charge is -2.23. The Bertz CT molecular complexity index is 309. The van der Waals surface area contributed by atoms with Crippen LogP contribution in [-0.2, 0) is 12.0 Å². The molecule has 0 unspecified atom stereocenters. The summed E-state index contributed by atoms with van der Waals surface area (Å²) in [7, 11) is 0. The molecule has 1 aromatic carbocycles. The van der Waals surface area contributed by atoms with Crippen molar-refractivity contribution in [2.24, 2.45) is 5.92 Å². The second kappa shape index (κ2) is 5.49. The quantitative estimate of drug-likeness (QED) is 0.798. The van der Waals surface area contributed by atoms with E-state index in [1.807, 2.05) is 6.92 Å². The van der Waals surface area contributed by atoms with Crippen LogP contribution in [0.1, 0.15) is 51.7 Å². The van der Waals surface area contributed by atoms with Crippen molar-refractivity contribution in [1.82, 2.24) is 0 Å². The van der Waals surface area contributed by atoms with Gasteiger partial charge in [-0.15, -0.1) is 0 Å². The van der Waals surface area contributed by atoms with Crippen LogP contribution < -0.4 is 0 Å². The SMILES string of the molecule is CCC[C@](C)(O)c1ccc(CC(C)C)cc1. The minimum Gasteiger partial charge on any atom is -0.385 e. The van der Waals surface area contributed by atoms with Gasteiger partial charge in [0.25, 0.3) is 0 Å². The molecule has 0 bridgehead atoms. The summed E-state index contributed by atoms with van der Waals surface area (Å²) in [6.45, 7) is 8.44. The summed E-state index contributed by atoms with van der Waals surface area (Å²) in [6.07, 6.45) is 2.92. The lowest BCUT2D eigenvalue weighted by atomic mass is 9.90. The van der Waals surface area contributed by atoms with E-state index in [1.165, 1.54) is 5.56 Å². The maximum Gasteiger partial charge on any atom is 0.0868 e. The minimum absolute atomic E-state index is 0.675. The van der Waals surface area contributed by atoms with E-state index in [0.717, 1.165) is 24.8 Å². The van der Waals surface area contributed by atoms with Gasteiger partial charge in [-0.1, -0.05) is 51.5 Å². The van der Waals surface area contributed by atoms with Gasteiger partial charge in [-0.05, 0) is 36.8 Å². The largest absolute Gasteiger partial charge is 0.385 e. The summed E-state index contributed by atoms with van der Waals surface area (Å²) >= 11 is 0. The van der Waals surface area contributed by atoms with Crippen LogP contribution >= 0.6 is 0 Å². The molecular weight excluding hydrogens is 196 g/mol. The van der Waals surface area contributed by atoms with E-state index in [1.54, 1.807) is 0 Å². The molecule has 1 nitrogen and oxygen atoms in total. The Balaban J connectivity index is 2.78. The number of hydrogen-bond acceptors (Lipinski definition) is 1. The number of hydrogen-bond donors (Lipinski definition) is 1. The minimum atomic E-state index is -0.675. The lowest BCUT2D eigenvalue weighted by molar-refractivity contribution is 0.0469. The molecule has 0 amide bonds. The van der Waals surface area contributed by atoms with Gasteiger partial charge in [-0.3, -0.25) is 0 Å². The molecule has 0 spiro atoms. The molecule has 1 atom stereocenters. The van der Waals surface area contributed by atoms with E-state index >= 15 is 0 Å². The molecule has 0 aliphatic rings. The van der Waals surface area contributed by atoms with Gasteiger partial charge >= 0.3 is 0 Å². The van der Waals surface area contributed by atoms with Crippen molar-refractivity contribution in [2.45, 2.75) is 52.6 Å². The van der Waals surface area contributed by atoms with E-state index in [9.17, 15) is 5.11 Å². The molecular formula is C15H24O. The van der Waals surface area contributed by atoms with E-state index in [0.29, 0.717) is 5.92 Å². The molecule has 0 saturated carbocycles. The van der Waals surface area contributed by atoms with Crippen LogP contribution in [0.4, 0.5) is 0 Å². The zero-order valence-corrected chi connectivity index (χ0v) is 11.0. The van der Waals surface area contributed by atoms with E-state index in [4.69, 9.17) is 0 Å². The summed E-state index contributed by atoms with van der Waals surface area (Å²) < 4.78 is 0. The molecule has 0 radical (unpaired) electrons. The first-order valence-corrected chi connectivity index (χ1v) is 6.27. The first-order chi connectivity index (χ1) is 7.45. The lowest BCUT2D eigenvalue weighted by Crippen LogP contribution is -2.20. The van der Waals surface area contributed by atoms with Gasteiger partial charge in [0.2, 0.25) is 0 Å². The van der Waals surface area contributed by atoms with Crippen molar-refractivity contribution < 1.29 is 5.11 Å². The smallest absolute Gasteiger partial charge is 0.0868 e. The molecule has 0 aliphatic carbocycles. The van der Waals surface area contributed by atoms with E-state index < -0.39 is 5.60 Å². The van der Waals surface area contributed by atoms with Gasteiger partial charge in [-0.2, -0.15) is 0 Å². The molecule has 0 saturated heterocycles. The number of rotatable bonds is 5. The Morgan fingerprint density at radius 1 is 1.19 bits per heavy atom. The third kappa shape index (κ3) is 3.64. The standard InChI is InChI=1S/C15H24O/c1-5-10-15(4,16)14-8-6-13(7-9-14)11-12(2)3/h6-9,12,16H,5,10-11H2,1-4H3/t15-/m0/s1. The molecule has 90 valence electrons. The second-order valence-electron chi connectivity index (χ2n) is 5.32. The Kier molecular flexibility index (Phi) is 4.55. The Hall–Kier alpha value is -0.820. The van der Waals surface area contributed by atoms with Gasteiger partial charge < -0.3 is 5.11 Å². The Morgan fingerprint density at radius 3 is 2.19 bits per heavy atom. The van der Waals surface area contributed by atoms with Gasteiger partial charge in [0.15, 0.2) is 0 Å². The molecule has 0 fully saturated rings. The van der Waals surface area contributed by atoms with Crippen LogP contribution in [0.25, 0.3) is 0 Å². The van der Waals surface area contributed by atoms with Crippen LogP contribution in [0.15, 0.2) is 24.3 Å². The summed E-state index contributed by atoms with van der Waals surface area (Å²) in [5.74, 6) is 0.682. The van der Waals surface area contributed by atoms with Crippen molar-refractivity contribution in [3.05, 3.63) is 35.4 Å². The average Bonchev–Trinajstić information content (AvgIpc) is 2.17. The van der Waals surface area contributed by atoms with Crippen LogP contribution in [0.2, 0.25) is 0 Å². The highest BCUT2D eigenvalue weighted by Gasteiger charge is 2.21. The van der Waals surface area contributed by atoms with Crippen molar-refractivity contribution in [2.75, 3.05) is 0 Å². The van der Waals surface area contributed by atoms with Crippen molar-refractivity contribution in [3.8, 4) is 0 Å². The average molecular weight is 220 g/mol. The zero-order valence-electron chi connectivity index (χ0n) is 11.0. The summed E-state index contributed by atoms with van der Waals surface area (Å²) in [5.41, 5.74) is 1.71. The zero-order chi connectivity index (χ0) is 12.2. The van der Waals surface area contributed by atoms with Crippen LogP contribution in [0.5, 0.6) is 0 Å². The molecule has 1 rings (SSSR count). The number of benzene rings is 1. The van der Waals surface area contributed by atoms with Gasteiger partial charge in [-0.25, -0.2) is 0 Å². The Labute approximate surface area is 99.5 Å². The molecule has 0 heterocycles. The van der Waals surface area contributed by atoms with Crippen molar-refractivity contribution in [3.63, 3.8) is 0 Å². The summed E-state index contributed by atoms with van der Waals surface area (Å²) in [5, 5.41) is 10.3. The highest BCUT2D eigenvalue weighted by molar-refractivity contribution is 5.26. The predicted octanol–water partition coefficient (Wildman–Crippen LogP) is 3.89. The summed E-state index contributed by atoms with van der Waals surface area (Å²) in [4.78, 5) is 0. The van der Waals surface area contributed by atoms with Crippen LogP contribution in [0, 0.1) is 5.92 Å². The first kappa shape index (κ1) is 13.2. The molecule has 16 heavy (non-hydrogen) atoms. The molecule has 0 aromatic heterocycles. The molecule has 1 N–H and O–H groups in total. The van der Waals surface area contributed by atoms with Crippen LogP contribution in [0.3, 0.4) is 0 Å². The monoisotopic (exact) mass is 220 g/mol. The predicted molar refractivity (Wildman–Crippen MR) is 69.5 cm³/mol. The third-order valence-corrected chi connectivity index (χ3v) is 2.96. The highest BCUT2D eigenvalue weighted by Crippen LogP contribution is 2.26. The van der Waals surface area contributed by atoms with E-state index in [-0.39, 0.29) is 0 Å². The Morgan fingerprint density at radius 2 is 1.75 bits per heavy atom. The first-order valence-electron chi connectivity index (χ1n) is 6.27. The molecule has 1 heteroatoms. The van der Waals surface area contributed by atoms with Crippen LogP contribution in [-0.4, -0.2) is 5.11 Å². The normalized spacial score (nSPS) is 15.1. The van der Waals surface area contributed by atoms with Gasteiger partial charge in [0.05, 0.1) is 5.60 Å². The third-order valence-electron chi connectivity index (χ3n) is 2.96. The number of aliphatic hydroxyl groups is 1. The topological polar surface area (TPSA) is 20.2 Å². The second-order valence-corrected chi connectivity index (χ2v) is 5.32. The summed E-state index contributed by atoms with van der Waals surface area (Å²) in [6, 6.07) is 8.40. The molecule has 1 aromatic rings. The maximum absolute atomic E-state index is 10.3. The fourth-order valence-electron chi connectivity index (χ4n) is 2.10. The molecule has 0 aliphatic heterocycles. The maximum atomic E-state index is 10.3. The van der Waals surface area contributed by atoms with E-state index in [2.05, 4.69) is 45.0 Å². The van der Waals surface area contributed by atoms with Crippen molar-refractivity contribution in [1.29, 1.82) is 0 Å². The van der Waals surface area contributed by atoms with Gasteiger partial charge in [0.1, 0.15) is 0 Å². The van der Waals surface area contributed by atoms with Crippen molar-refractivity contribution >= 4 is 0 Å². The van der Waals surface area contributed by atoms with Gasteiger partial charge in [0, 0.05) is 0 Å². The fraction of sp³-hybridized carbons (Fsp3) is 0.600. The highest BCUT2D eigenvalue weighted by atomic mass is 16.3. The fourth-order valence-corrected chi connectivity index (χ4v) is 2.10.